The molecule has 1 aliphatic heterocycles. The molecule has 0 radical (unpaired) electrons. The van der Waals surface area contributed by atoms with Gasteiger partial charge < -0.3 is 15.3 Å². The Morgan fingerprint density at radius 2 is 1.61 bits per heavy atom. The van der Waals surface area contributed by atoms with Crippen LogP contribution in [0.5, 0.6) is 11.5 Å². The number of carboxylic acids is 1. The summed E-state index contributed by atoms with van der Waals surface area (Å²) in [5, 5.41) is 29.9. The first kappa shape index (κ1) is 26.4. The van der Waals surface area contributed by atoms with Crippen molar-refractivity contribution in [3.05, 3.63) is 87.0 Å². The minimum absolute atomic E-state index is 0.0676. The van der Waals surface area contributed by atoms with Gasteiger partial charge in [0, 0.05) is 28.7 Å². The van der Waals surface area contributed by atoms with Crippen LogP contribution < -0.4 is 4.90 Å². The number of imide groups is 1. The maximum atomic E-state index is 14.0. The summed E-state index contributed by atoms with van der Waals surface area (Å²) in [4.78, 5) is 66.7. The Bertz CT molecular complexity index is 1700. The van der Waals surface area contributed by atoms with E-state index < -0.39 is 47.2 Å². The van der Waals surface area contributed by atoms with Crippen molar-refractivity contribution in [3.8, 4) is 11.5 Å². The van der Waals surface area contributed by atoms with Gasteiger partial charge in [0.2, 0.25) is 11.8 Å². The fourth-order valence-corrected chi connectivity index (χ4v) is 6.99. The summed E-state index contributed by atoms with van der Waals surface area (Å²) in [6.07, 6.45) is 3.59. The molecule has 2 aromatic rings. The van der Waals surface area contributed by atoms with E-state index in [2.05, 4.69) is 0 Å². The average molecular weight is 554 g/mol. The number of hydrogen-bond acceptors (Lipinski definition) is 7. The first-order chi connectivity index (χ1) is 19.4. The van der Waals surface area contributed by atoms with Crippen LogP contribution in [0.1, 0.15) is 52.7 Å². The number of aryl methyl sites for hydroxylation is 2. The molecular weight excluding hydrogens is 526 g/mol. The van der Waals surface area contributed by atoms with Gasteiger partial charge in [0.1, 0.15) is 17.1 Å². The number of hydrogen-bond donors (Lipinski definition) is 3. The van der Waals surface area contributed by atoms with Gasteiger partial charge in [-0.05, 0) is 74.4 Å². The van der Waals surface area contributed by atoms with Crippen molar-refractivity contribution in [2.24, 2.45) is 17.8 Å². The zero-order chi connectivity index (χ0) is 29.5. The predicted octanol–water partition coefficient (Wildman–Crippen LogP) is 4.05. The maximum absolute atomic E-state index is 14.0. The highest BCUT2D eigenvalue weighted by Gasteiger charge is 2.56. The quantitative estimate of drug-likeness (QED) is 0.293. The van der Waals surface area contributed by atoms with Crippen molar-refractivity contribution < 1.29 is 39.3 Å². The van der Waals surface area contributed by atoms with Gasteiger partial charge >= 0.3 is 5.97 Å². The van der Waals surface area contributed by atoms with E-state index >= 15 is 0 Å². The van der Waals surface area contributed by atoms with Crippen LogP contribution in [-0.4, -0.2) is 44.7 Å². The minimum Gasteiger partial charge on any atom is -0.507 e. The minimum atomic E-state index is -1.34. The van der Waals surface area contributed by atoms with Gasteiger partial charge in [-0.15, -0.1) is 0 Å². The molecule has 9 heteroatoms. The van der Waals surface area contributed by atoms with E-state index in [1.807, 2.05) is 6.08 Å². The summed E-state index contributed by atoms with van der Waals surface area (Å²) in [5.41, 5.74) is 3.50. The molecule has 0 aromatic heterocycles. The molecular formula is C32H27NO8. The second-order valence-corrected chi connectivity index (χ2v) is 11.3. The number of phenolic OH excluding ortho intramolecular Hbond substituents is 1. The van der Waals surface area contributed by atoms with Gasteiger partial charge in [-0.25, -0.2) is 9.69 Å². The number of anilines is 1. The molecule has 2 aromatic carbocycles. The third-order valence-electron chi connectivity index (χ3n) is 8.88. The topological polar surface area (TPSA) is 149 Å². The smallest absolute Gasteiger partial charge is 0.339 e. The summed E-state index contributed by atoms with van der Waals surface area (Å²) in [5.74, 6) is -5.96. The molecule has 4 aliphatic rings. The van der Waals surface area contributed by atoms with E-state index in [4.69, 9.17) is 0 Å². The molecule has 1 fully saturated rings. The number of carbonyl (C=O) groups excluding carboxylic acids is 4. The van der Waals surface area contributed by atoms with Gasteiger partial charge in [0.15, 0.2) is 11.6 Å². The largest absolute Gasteiger partial charge is 0.507 e. The first-order valence-electron chi connectivity index (χ1n) is 13.3. The second-order valence-electron chi connectivity index (χ2n) is 11.3. The average Bonchev–Trinajstić information content (AvgIpc) is 3.18. The lowest BCUT2D eigenvalue weighted by Gasteiger charge is -2.42. The molecule has 3 N–H and O–H groups in total. The normalized spacial score (nSPS) is 25.5. The van der Waals surface area contributed by atoms with Crippen LogP contribution in [-0.2, 0) is 19.2 Å². The number of phenols is 2. The van der Waals surface area contributed by atoms with Crippen molar-refractivity contribution >= 4 is 35.0 Å². The van der Waals surface area contributed by atoms with Crippen molar-refractivity contribution in [1.29, 1.82) is 0 Å². The lowest BCUT2D eigenvalue weighted by atomic mass is 9.59. The van der Waals surface area contributed by atoms with Crippen LogP contribution in [0, 0.1) is 31.6 Å². The Balaban J connectivity index is 1.48. The van der Waals surface area contributed by atoms with E-state index in [0.29, 0.717) is 27.8 Å². The Kier molecular flexibility index (Phi) is 5.88. The fourth-order valence-electron chi connectivity index (χ4n) is 6.99. The number of aromatic hydroxyl groups is 2. The van der Waals surface area contributed by atoms with E-state index in [0.717, 1.165) is 28.2 Å². The van der Waals surface area contributed by atoms with Crippen molar-refractivity contribution in [1.82, 2.24) is 0 Å². The number of carboxylic acid groups (broad SMARTS) is 1. The monoisotopic (exact) mass is 553 g/mol. The third kappa shape index (κ3) is 3.79. The lowest BCUT2D eigenvalue weighted by molar-refractivity contribution is -0.123. The summed E-state index contributed by atoms with van der Waals surface area (Å²) < 4.78 is 0. The molecule has 6 rings (SSSR count). The Labute approximate surface area is 235 Å². The molecule has 41 heavy (non-hydrogen) atoms. The van der Waals surface area contributed by atoms with Gasteiger partial charge in [-0.1, -0.05) is 23.8 Å². The molecule has 4 atom stereocenters. The molecule has 208 valence electrons. The number of benzene rings is 2. The number of ketones is 2. The summed E-state index contributed by atoms with van der Waals surface area (Å²) >= 11 is 0. The number of fused-ring (bicyclic) bond motifs is 3. The maximum Gasteiger partial charge on any atom is 0.339 e. The molecule has 0 saturated carbocycles. The predicted molar refractivity (Wildman–Crippen MR) is 146 cm³/mol. The Morgan fingerprint density at radius 1 is 0.927 bits per heavy atom. The highest BCUT2D eigenvalue weighted by molar-refractivity contribution is 6.25. The lowest BCUT2D eigenvalue weighted by Crippen LogP contribution is -2.39. The first-order valence-corrected chi connectivity index (χ1v) is 13.3. The van der Waals surface area contributed by atoms with Crippen LogP contribution in [0.15, 0.2) is 64.8 Å². The molecule has 0 unspecified atom stereocenters. The number of carbonyl (C=O) groups is 5. The fraction of sp³-hybridized carbons (Fsp3) is 0.281. The summed E-state index contributed by atoms with van der Waals surface area (Å²) in [6, 6.07) is 7.13. The molecule has 0 spiro atoms. The highest BCUT2D eigenvalue weighted by Crippen LogP contribution is 2.55. The molecule has 0 bridgehead atoms. The number of nitrogens with zero attached hydrogens (tertiary/aromatic N) is 1. The van der Waals surface area contributed by atoms with Crippen LogP contribution in [0.25, 0.3) is 0 Å². The number of rotatable bonds is 3. The molecule has 3 aliphatic carbocycles. The molecule has 1 saturated heterocycles. The Hall–Kier alpha value is -4.79. The zero-order valence-corrected chi connectivity index (χ0v) is 22.6. The highest BCUT2D eigenvalue weighted by atomic mass is 16.4. The van der Waals surface area contributed by atoms with E-state index in [1.54, 1.807) is 32.9 Å². The third-order valence-corrected chi connectivity index (χ3v) is 8.88. The molecule has 2 amide bonds. The van der Waals surface area contributed by atoms with Gasteiger partial charge in [-0.2, -0.15) is 0 Å². The van der Waals surface area contributed by atoms with Crippen molar-refractivity contribution in [2.45, 2.75) is 39.5 Å². The standard InChI is InChI=1S/C32H27NO8/c1-13-8-16(9-14(2)28(13)36)25-18-6-7-20-26(21(18)12-22-23(34)10-15(3)29(37)27(22)25)31(39)33(30(20)38)17-4-5-19(32(40)41)24(35)11-17/h4-6,8-11,20-21,25-26,35-36H,7,12H2,1-3H3,(H,40,41)/t20-,21+,25-,26-/m0/s1. The zero-order valence-electron chi connectivity index (χ0n) is 22.6. The molecule has 1 heterocycles. The number of allylic oxidation sites excluding steroid dienone is 6. The van der Waals surface area contributed by atoms with Crippen LogP contribution >= 0.6 is 0 Å². The summed E-state index contributed by atoms with van der Waals surface area (Å²) in [6.45, 7) is 5.12. The number of aromatic carboxylic acids is 1. The van der Waals surface area contributed by atoms with Gasteiger partial charge in [-0.3, -0.25) is 19.2 Å². The summed E-state index contributed by atoms with van der Waals surface area (Å²) in [7, 11) is 0. The van der Waals surface area contributed by atoms with Crippen molar-refractivity contribution in [2.75, 3.05) is 4.90 Å². The Morgan fingerprint density at radius 3 is 2.24 bits per heavy atom. The molecule has 9 nitrogen and oxygen atoms in total. The van der Waals surface area contributed by atoms with Crippen LogP contribution in [0.4, 0.5) is 5.69 Å². The number of Topliss-reactive ketones (excluding diaryl/α,β-unsaturated/α-hetero) is 1. The van der Waals surface area contributed by atoms with Crippen LogP contribution in [0.2, 0.25) is 0 Å². The van der Waals surface area contributed by atoms with E-state index in [-0.39, 0.29) is 41.4 Å². The second kappa shape index (κ2) is 9.12. The van der Waals surface area contributed by atoms with Gasteiger partial charge in [0.05, 0.1) is 17.5 Å². The number of amides is 2. The van der Waals surface area contributed by atoms with Crippen LogP contribution in [0.3, 0.4) is 0 Å². The van der Waals surface area contributed by atoms with E-state index in [1.165, 1.54) is 12.1 Å². The van der Waals surface area contributed by atoms with Crippen molar-refractivity contribution in [3.63, 3.8) is 0 Å². The SMILES string of the molecule is CC1=CC(=O)C2=C(C1=O)[C@@H](c1cc(C)c(O)c(C)c1)C1=CC[C@@H]3C(=O)N(c4ccc(C(=O)O)c(O)c4)C(=O)[C@@H]3[C@@H]1C2. The van der Waals surface area contributed by atoms with Gasteiger partial charge in [0.25, 0.3) is 0 Å². The van der Waals surface area contributed by atoms with E-state index in [9.17, 15) is 39.3 Å².